The van der Waals surface area contributed by atoms with Crippen LogP contribution in [0.1, 0.15) is 0 Å². The predicted octanol–water partition coefficient (Wildman–Crippen LogP) is 0.583. The van der Waals surface area contributed by atoms with E-state index in [-0.39, 0.29) is 16.8 Å². The lowest BCUT2D eigenvalue weighted by Gasteiger charge is -2.05. The van der Waals surface area contributed by atoms with Gasteiger partial charge in [0.05, 0.1) is 11.2 Å². The highest BCUT2D eigenvalue weighted by atomic mass is 35.5. The van der Waals surface area contributed by atoms with Crippen LogP contribution in [0.2, 0.25) is 10.0 Å². The summed E-state index contributed by atoms with van der Waals surface area (Å²) in [5.74, 6) is 0. The molecular weight excluding hydrogens is 219 g/mol. The predicted molar refractivity (Wildman–Crippen MR) is 47.0 cm³/mol. The molecule has 1 aromatic heterocycles. The van der Waals surface area contributed by atoms with Crippen LogP contribution in [-0.4, -0.2) is 23.8 Å². The molecule has 0 unspecified atom stereocenters. The van der Waals surface area contributed by atoms with Crippen molar-refractivity contribution in [2.45, 2.75) is 0 Å². The summed E-state index contributed by atoms with van der Waals surface area (Å²) in [6, 6.07) is 0. The van der Waals surface area contributed by atoms with Crippen molar-refractivity contribution >= 4 is 23.2 Å². The molecule has 1 aromatic rings. The number of halogens is 2. The molecule has 13 heavy (non-hydrogen) atoms. The fraction of sp³-hybridized carbons (Fsp3) is 0.333. The van der Waals surface area contributed by atoms with Gasteiger partial charge in [0, 0.05) is 7.11 Å². The summed E-state index contributed by atoms with van der Waals surface area (Å²) in [6.45, 7) is -0.0924. The molecule has 0 N–H and O–H groups in total. The molecule has 7 heteroatoms. The molecule has 72 valence electrons. The van der Waals surface area contributed by atoms with E-state index in [1.54, 1.807) is 0 Å². The molecule has 0 bridgehead atoms. The first-order valence-corrected chi connectivity index (χ1v) is 3.98. The van der Waals surface area contributed by atoms with Crippen LogP contribution >= 0.6 is 23.2 Å². The highest BCUT2D eigenvalue weighted by Crippen LogP contribution is 2.13. The smallest absolute Gasteiger partial charge is 0.323 e. The number of rotatable bonds is 3. The van der Waals surface area contributed by atoms with Gasteiger partial charge < -0.3 is 9.57 Å². The second-order valence-electron chi connectivity index (χ2n) is 2.02. The molecule has 0 radical (unpaired) electrons. The molecule has 0 aliphatic carbocycles. The van der Waals surface area contributed by atoms with E-state index in [2.05, 4.69) is 9.84 Å². The number of hydrogen-bond donors (Lipinski definition) is 0. The first-order valence-electron chi connectivity index (χ1n) is 3.22. The van der Waals surface area contributed by atoms with Gasteiger partial charge in [-0.15, -0.1) is 5.10 Å². The Morgan fingerprint density at radius 3 is 2.92 bits per heavy atom. The van der Waals surface area contributed by atoms with Crippen LogP contribution in [0, 0.1) is 0 Å². The Hall–Kier alpha value is -0.780. The molecule has 5 nitrogen and oxygen atoms in total. The fourth-order valence-corrected chi connectivity index (χ4v) is 0.839. The maximum Gasteiger partial charge on any atom is 0.323 e. The number of ether oxygens (including phenoxy) is 1. The van der Waals surface area contributed by atoms with Gasteiger partial charge in [0.25, 0.3) is 0 Å². The van der Waals surface area contributed by atoms with Gasteiger partial charge in [0.15, 0.2) is 0 Å². The zero-order valence-electron chi connectivity index (χ0n) is 6.66. The molecule has 0 saturated heterocycles. The average Bonchev–Trinajstić information content (AvgIpc) is 2.13. The average molecular weight is 225 g/mol. The lowest BCUT2D eigenvalue weighted by molar-refractivity contribution is -0.0565. The highest BCUT2D eigenvalue weighted by molar-refractivity contribution is 6.41. The van der Waals surface area contributed by atoms with Crippen LogP contribution in [0.5, 0.6) is 0 Å². The van der Waals surface area contributed by atoms with Crippen molar-refractivity contribution in [3.63, 3.8) is 0 Å². The molecule has 0 atom stereocenters. The van der Waals surface area contributed by atoms with Gasteiger partial charge in [0.2, 0.25) is 6.79 Å². The normalized spacial score (nSPS) is 10.1. The van der Waals surface area contributed by atoms with Gasteiger partial charge in [-0.05, 0) is 0 Å². The van der Waals surface area contributed by atoms with Crippen molar-refractivity contribution in [1.82, 2.24) is 9.94 Å². The number of hydrogen-bond acceptors (Lipinski definition) is 4. The van der Waals surface area contributed by atoms with Crippen LogP contribution in [0.25, 0.3) is 0 Å². The minimum absolute atomic E-state index is 0.0870. The van der Waals surface area contributed by atoms with Crippen molar-refractivity contribution < 1.29 is 9.57 Å². The lowest BCUT2D eigenvalue weighted by Crippen LogP contribution is -2.30. The van der Waals surface area contributed by atoms with Crippen molar-refractivity contribution in [2.75, 3.05) is 13.9 Å². The summed E-state index contributed by atoms with van der Waals surface area (Å²) in [5, 5.41) is 3.52. The monoisotopic (exact) mass is 224 g/mol. The molecule has 0 aromatic carbocycles. The largest absolute Gasteiger partial charge is 0.364 e. The summed E-state index contributed by atoms with van der Waals surface area (Å²) in [7, 11) is 1.42. The summed E-state index contributed by atoms with van der Waals surface area (Å²) in [4.78, 5) is 16.7. The van der Waals surface area contributed by atoms with Crippen LogP contribution in [0.3, 0.4) is 0 Å². The number of nitrogens with zero attached hydrogens (tertiary/aromatic N) is 2. The first-order chi connectivity index (χ1) is 6.16. The molecule has 0 fully saturated rings. The van der Waals surface area contributed by atoms with Gasteiger partial charge in [-0.1, -0.05) is 28.0 Å². The van der Waals surface area contributed by atoms with Gasteiger partial charge in [-0.2, -0.15) is 0 Å². The Labute approximate surface area is 83.7 Å². The molecule has 1 heterocycles. The van der Waals surface area contributed by atoms with Crippen molar-refractivity contribution in [2.24, 2.45) is 0 Å². The standard InChI is InChI=1S/C6H6Cl2N2O3/c1-12-3-13-10-6(11)5(8)4(7)2-9-10/h2H,3H2,1H3. The zero-order valence-corrected chi connectivity index (χ0v) is 8.17. The molecule has 0 saturated carbocycles. The maximum absolute atomic E-state index is 11.2. The Morgan fingerprint density at radius 2 is 2.31 bits per heavy atom. The fourth-order valence-electron chi connectivity index (χ4n) is 0.593. The SMILES string of the molecule is COCOn1ncc(Cl)c(Cl)c1=O. The highest BCUT2D eigenvalue weighted by Gasteiger charge is 2.07. The molecule has 0 amide bonds. The molecule has 0 aliphatic heterocycles. The second kappa shape index (κ2) is 4.45. The Bertz CT molecular complexity index is 352. The van der Waals surface area contributed by atoms with Gasteiger partial charge in [0.1, 0.15) is 5.02 Å². The third-order valence-corrected chi connectivity index (χ3v) is 1.89. The van der Waals surface area contributed by atoms with Crippen molar-refractivity contribution in [3.8, 4) is 0 Å². The van der Waals surface area contributed by atoms with E-state index >= 15 is 0 Å². The van der Waals surface area contributed by atoms with Crippen LogP contribution in [0.4, 0.5) is 0 Å². The Balaban J connectivity index is 2.97. The second-order valence-corrected chi connectivity index (χ2v) is 2.81. The summed E-state index contributed by atoms with van der Waals surface area (Å²) in [6.07, 6.45) is 1.21. The summed E-state index contributed by atoms with van der Waals surface area (Å²) >= 11 is 11.1. The first kappa shape index (κ1) is 10.3. The molecule has 1 rings (SSSR count). The van der Waals surface area contributed by atoms with E-state index in [1.807, 2.05) is 0 Å². The van der Waals surface area contributed by atoms with Gasteiger partial charge in [-0.3, -0.25) is 4.79 Å². The minimum Gasteiger partial charge on any atom is -0.364 e. The number of aromatic nitrogens is 2. The quantitative estimate of drug-likeness (QED) is 0.706. The van der Waals surface area contributed by atoms with E-state index in [0.717, 1.165) is 0 Å². The third kappa shape index (κ3) is 2.33. The van der Waals surface area contributed by atoms with Crippen LogP contribution in [0.15, 0.2) is 11.0 Å². The Kier molecular flexibility index (Phi) is 3.53. The van der Waals surface area contributed by atoms with Gasteiger partial charge >= 0.3 is 5.56 Å². The third-order valence-electron chi connectivity index (χ3n) is 1.14. The summed E-state index contributed by atoms with van der Waals surface area (Å²) in [5.41, 5.74) is -0.619. The topological polar surface area (TPSA) is 53.4 Å². The maximum atomic E-state index is 11.2. The van der Waals surface area contributed by atoms with E-state index in [0.29, 0.717) is 4.85 Å². The van der Waals surface area contributed by atoms with E-state index in [9.17, 15) is 4.79 Å². The van der Waals surface area contributed by atoms with E-state index in [1.165, 1.54) is 13.3 Å². The van der Waals surface area contributed by atoms with E-state index < -0.39 is 5.56 Å². The molecular formula is C6H6Cl2N2O3. The van der Waals surface area contributed by atoms with Crippen LogP contribution in [-0.2, 0) is 4.74 Å². The zero-order chi connectivity index (χ0) is 9.84. The molecule has 0 aliphatic rings. The van der Waals surface area contributed by atoms with E-state index in [4.69, 9.17) is 28.0 Å². The van der Waals surface area contributed by atoms with Crippen molar-refractivity contribution in [3.05, 3.63) is 26.6 Å². The van der Waals surface area contributed by atoms with Crippen molar-refractivity contribution in [1.29, 1.82) is 0 Å². The molecule has 0 spiro atoms. The lowest BCUT2D eigenvalue weighted by atomic mass is 10.6. The van der Waals surface area contributed by atoms with Crippen LogP contribution < -0.4 is 10.4 Å². The Morgan fingerprint density at radius 1 is 1.62 bits per heavy atom. The minimum atomic E-state index is -0.619. The number of methoxy groups -OCH3 is 1. The van der Waals surface area contributed by atoms with Gasteiger partial charge in [-0.25, -0.2) is 0 Å². The summed E-state index contributed by atoms with van der Waals surface area (Å²) < 4.78 is 4.57.